The van der Waals surface area contributed by atoms with Crippen molar-refractivity contribution < 1.29 is 63.5 Å². The number of carbonyl (C=O) groups excluding carboxylic acids is 1. The molecule has 0 bridgehead atoms. The first kappa shape index (κ1) is 26.7. The SMILES string of the molecule is CO/N=C(\C([O-])=NC1C(=O)N2C(C(=O)O)=C(/C=C/c3cc(OC)no3)CSC12)c1csc(N)n1.[Na+]. The number of aliphatic imine (C=N–C) groups is 1. The summed E-state index contributed by atoms with van der Waals surface area (Å²) < 4.78 is 10.0. The van der Waals surface area contributed by atoms with Gasteiger partial charge in [0.05, 0.1) is 7.11 Å². The number of allylic oxidation sites excluding steroid dienone is 1. The molecule has 2 aromatic heterocycles. The number of nitrogen functional groups attached to an aromatic ring is 1. The van der Waals surface area contributed by atoms with Crippen LogP contribution in [-0.4, -0.2) is 75.0 Å². The molecule has 16 heteroatoms. The number of carbonyl (C=O) groups is 2. The average Bonchev–Trinajstić information content (AvgIpc) is 3.47. The Hall–Kier alpha value is -2.85. The first-order chi connectivity index (χ1) is 16.3. The maximum absolute atomic E-state index is 12.8. The van der Waals surface area contributed by atoms with Crippen LogP contribution in [0.25, 0.3) is 6.08 Å². The molecule has 35 heavy (non-hydrogen) atoms. The number of aliphatic carboxylic acids is 1. The molecule has 178 valence electrons. The van der Waals surface area contributed by atoms with Gasteiger partial charge in [0.1, 0.15) is 29.6 Å². The zero-order chi connectivity index (χ0) is 24.4. The van der Waals surface area contributed by atoms with Crippen molar-refractivity contribution in [2.75, 3.05) is 25.7 Å². The summed E-state index contributed by atoms with van der Waals surface area (Å²) in [6, 6.07) is 0.453. The number of amides is 1. The molecule has 0 aliphatic carbocycles. The topological polar surface area (TPSA) is 189 Å². The Labute approximate surface area is 228 Å². The van der Waals surface area contributed by atoms with Crippen molar-refractivity contribution in [1.29, 1.82) is 0 Å². The monoisotopic (exact) mass is 528 g/mol. The molecule has 2 aliphatic rings. The van der Waals surface area contributed by atoms with Gasteiger partial charge in [0.15, 0.2) is 16.9 Å². The standard InChI is InChI=1S/C19H18N6O7S2.Na/c1-30-11-5-9(32-23-11)4-3-8-6-33-17-13(16(27)25(17)14(8)18(28)29)22-15(26)12(24-31-2)10-7-34-19(20)21-10;/h3-5,7,13,17H,6H2,1-2H3,(H2,20,21)(H,22,26)(H,28,29);/q;+1/p-1/b4-3+,24-12-;. The summed E-state index contributed by atoms with van der Waals surface area (Å²) in [5.74, 6) is -1.84. The molecule has 1 amide bonds. The number of thioether (sulfide) groups is 1. The van der Waals surface area contributed by atoms with Crippen LogP contribution in [0, 0.1) is 0 Å². The number of methoxy groups -OCH3 is 1. The number of thiazole rings is 1. The van der Waals surface area contributed by atoms with Gasteiger partial charge in [-0.1, -0.05) is 11.2 Å². The van der Waals surface area contributed by atoms with Gasteiger partial charge >= 0.3 is 35.5 Å². The van der Waals surface area contributed by atoms with E-state index >= 15 is 0 Å². The van der Waals surface area contributed by atoms with Crippen LogP contribution in [-0.2, 0) is 14.4 Å². The quantitative estimate of drug-likeness (QED) is 0.118. The maximum atomic E-state index is 12.8. The molecule has 13 nitrogen and oxygen atoms in total. The molecule has 0 spiro atoms. The van der Waals surface area contributed by atoms with E-state index in [1.54, 1.807) is 0 Å². The van der Waals surface area contributed by atoms with E-state index in [0.29, 0.717) is 11.3 Å². The van der Waals surface area contributed by atoms with Gasteiger partial charge in [-0.15, -0.1) is 23.1 Å². The normalized spacial score (nSPS) is 20.4. The number of carboxylic acid groups (broad SMARTS) is 1. The number of anilines is 1. The van der Waals surface area contributed by atoms with E-state index in [4.69, 9.17) is 19.8 Å². The first-order valence-corrected chi connectivity index (χ1v) is 11.4. The van der Waals surface area contributed by atoms with Crippen molar-refractivity contribution >= 4 is 57.8 Å². The number of β-lactam (4-membered cyclic amide) rings is 1. The van der Waals surface area contributed by atoms with E-state index in [0.717, 1.165) is 16.2 Å². The van der Waals surface area contributed by atoms with Crippen LogP contribution < -0.4 is 45.1 Å². The van der Waals surface area contributed by atoms with Crippen molar-refractivity contribution in [2.24, 2.45) is 10.1 Å². The molecule has 1 fully saturated rings. The van der Waals surface area contributed by atoms with E-state index in [9.17, 15) is 19.8 Å². The van der Waals surface area contributed by atoms with Crippen LogP contribution in [0.4, 0.5) is 5.13 Å². The third-order valence-electron chi connectivity index (χ3n) is 4.74. The maximum Gasteiger partial charge on any atom is 1.00 e. The van der Waals surface area contributed by atoms with Crippen LogP contribution in [0.3, 0.4) is 0 Å². The largest absolute Gasteiger partial charge is 1.00 e. The Morgan fingerprint density at radius 1 is 1.43 bits per heavy atom. The van der Waals surface area contributed by atoms with Crippen LogP contribution in [0.15, 0.2) is 43.5 Å². The van der Waals surface area contributed by atoms with Crippen molar-refractivity contribution in [3.05, 3.63) is 40.2 Å². The number of carboxylic acids is 1. The van der Waals surface area contributed by atoms with Gasteiger partial charge < -0.3 is 30.0 Å². The Balaban J connectivity index is 0.00000342. The van der Waals surface area contributed by atoms with E-state index in [-0.39, 0.29) is 63.4 Å². The first-order valence-electron chi connectivity index (χ1n) is 9.51. The molecular weight excluding hydrogens is 511 g/mol. The number of hydrogen-bond donors (Lipinski definition) is 2. The molecule has 2 aliphatic heterocycles. The number of aromatic nitrogens is 2. The number of fused-ring (bicyclic) bond motifs is 1. The summed E-state index contributed by atoms with van der Waals surface area (Å²) in [6.45, 7) is 0. The molecule has 2 atom stereocenters. The summed E-state index contributed by atoms with van der Waals surface area (Å²) in [6.07, 6.45) is 3.06. The Morgan fingerprint density at radius 3 is 2.80 bits per heavy atom. The molecular formula is C19H17N6NaO7S2. The third-order valence-corrected chi connectivity index (χ3v) is 6.70. The number of nitrogens with two attached hydrogens (primary N) is 1. The van der Waals surface area contributed by atoms with Crippen molar-refractivity contribution in [1.82, 2.24) is 15.0 Å². The summed E-state index contributed by atoms with van der Waals surface area (Å²) in [5, 5.41) is 30.9. The van der Waals surface area contributed by atoms with Crippen molar-refractivity contribution in [2.45, 2.75) is 11.4 Å². The van der Waals surface area contributed by atoms with Crippen LogP contribution in [0.2, 0.25) is 0 Å². The van der Waals surface area contributed by atoms with E-state index in [2.05, 4.69) is 20.3 Å². The fourth-order valence-electron chi connectivity index (χ4n) is 3.24. The second kappa shape index (κ2) is 11.3. The predicted molar refractivity (Wildman–Crippen MR) is 121 cm³/mol. The minimum absolute atomic E-state index is 0. The van der Waals surface area contributed by atoms with Gasteiger partial charge in [-0.3, -0.25) is 14.7 Å². The Bertz CT molecular complexity index is 1250. The minimum atomic E-state index is -1.28. The molecule has 1 saturated heterocycles. The van der Waals surface area contributed by atoms with Gasteiger partial charge in [-0.2, -0.15) is 0 Å². The number of oxime groups is 1. The van der Waals surface area contributed by atoms with Gasteiger partial charge in [0.25, 0.3) is 11.8 Å². The average molecular weight is 529 g/mol. The molecule has 2 aromatic rings. The zero-order valence-corrected chi connectivity index (χ0v) is 22.3. The zero-order valence-electron chi connectivity index (χ0n) is 18.7. The van der Waals surface area contributed by atoms with E-state index in [1.807, 2.05) is 0 Å². The van der Waals surface area contributed by atoms with Gasteiger partial charge in [0, 0.05) is 23.1 Å². The third kappa shape index (κ3) is 5.38. The molecule has 0 radical (unpaired) electrons. The van der Waals surface area contributed by atoms with Crippen LogP contribution in [0.5, 0.6) is 5.88 Å². The van der Waals surface area contributed by atoms with E-state index < -0.39 is 29.2 Å². The molecule has 0 saturated carbocycles. The fourth-order valence-corrected chi connectivity index (χ4v) is 5.09. The molecule has 4 heterocycles. The van der Waals surface area contributed by atoms with Crippen LogP contribution in [0.1, 0.15) is 11.5 Å². The van der Waals surface area contributed by atoms with Crippen molar-refractivity contribution in [3.63, 3.8) is 0 Å². The van der Waals surface area contributed by atoms with Gasteiger partial charge in [-0.05, 0) is 16.8 Å². The molecule has 0 aromatic carbocycles. The Kier molecular flexibility index (Phi) is 8.60. The molecule has 4 rings (SSSR count). The summed E-state index contributed by atoms with van der Waals surface area (Å²) in [5.41, 5.74) is 5.78. The fraction of sp³-hybridized carbons (Fsp3) is 0.263. The smallest absolute Gasteiger partial charge is 0.857 e. The van der Waals surface area contributed by atoms with Gasteiger partial charge in [-0.25, -0.2) is 9.78 Å². The number of ether oxygens (including phenoxy) is 1. The van der Waals surface area contributed by atoms with Crippen molar-refractivity contribution in [3.8, 4) is 5.88 Å². The second-order valence-electron chi connectivity index (χ2n) is 6.77. The minimum Gasteiger partial charge on any atom is -0.857 e. The molecule has 3 N–H and O–H groups in total. The summed E-state index contributed by atoms with van der Waals surface area (Å²) in [4.78, 5) is 38.6. The van der Waals surface area contributed by atoms with E-state index in [1.165, 1.54) is 49.6 Å². The van der Waals surface area contributed by atoms with Crippen LogP contribution >= 0.6 is 23.1 Å². The van der Waals surface area contributed by atoms with Gasteiger partial charge in [0.2, 0.25) is 0 Å². The Morgan fingerprint density at radius 2 is 2.20 bits per heavy atom. The summed E-state index contributed by atoms with van der Waals surface area (Å²) >= 11 is 2.38. The number of rotatable bonds is 8. The number of hydrogen-bond acceptors (Lipinski definition) is 13. The molecule has 2 unspecified atom stereocenters. The predicted octanol–water partition coefficient (Wildman–Crippen LogP) is -2.83. The summed E-state index contributed by atoms with van der Waals surface area (Å²) in [7, 11) is 2.69. The number of nitrogens with zero attached hydrogens (tertiary/aromatic N) is 5. The second-order valence-corrected chi connectivity index (χ2v) is 8.76.